The van der Waals surface area contributed by atoms with E-state index in [1.807, 2.05) is 0 Å². The van der Waals surface area contributed by atoms with Gasteiger partial charge in [-0.3, -0.25) is 0 Å². The standard InChI is InChI=1S/C4H8Cl2O2/c5-1-4(7)2-8-3-6/h4,7H,1-3H2. The lowest BCUT2D eigenvalue weighted by atomic mass is 10.4. The van der Waals surface area contributed by atoms with Crippen LogP contribution >= 0.6 is 23.2 Å². The van der Waals surface area contributed by atoms with Gasteiger partial charge in [-0.15, -0.1) is 11.6 Å². The van der Waals surface area contributed by atoms with Crippen molar-refractivity contribution in [1.82, 2.24) is 0 Å². The molecule has 8 heavy (non-hydrogen) atoms. The summed E-state index contributed by atoms with van der Waals surface area (Å²) in [6.45, 7) is 0.215. The minimum absolute atomic E-state index is 0.105. The van der Waals surface area contributed by atoms with Gasteiger partial charge in [0.1, 0.15) is 6.07 Å². The van der Waals surface area contributed by atoms with Crippen molar-refractivity contribution >= 4 is 23.2 Å². The van der Waals surface area contributed by atoms with Gasteiger partial charge in [0.2, 0.25) is 0 Å². The molecule has 2 nitrogen and oxygen atoms in total. The van der Waals surface area contributed by atoms with Crippen molar-refractivity contribution in [3.8, 4) is 0 Å². The quantitative estimate of drug-likeness (QED) is 0.614. The van der Waals surface area contributed by atoms with Gasteiger partial charge in [0, 0.05) is 0 Å². The number of hydrogen-bond donors (Lipinski definition) is 1. The molecule has 0 spiro atoms. The molecule has 0 heterocycles. The second-order valence-electron chi connectivity index (χ2n) is 1.29. The second kappa shape index (κ2) is 5.63. The summed E-state index contributed by atoms with van der Waals surface area (Å²) in [5.41, 5.74) is 0. The molecule has 0 aliphatic carbocycles. The fourth-order valence-electron chi connectivity index (χ4n) is 0.225. The number of ether oxygens (including phenoxy) is 1. The lowest BCUT2D eigenvalue weighted by molar-refractivity contribution is 0.0697. The van der Waals surface area contributed by atoms with E-state index < -0.39 is 6.10 Å². The van der Waals surface area contributed by atoms with Crippen molar-refractivity contribution in [3.63, 3.8) is 0 Å². The Morgan fingerprint density at radius 2 is 2.12 bits per heavy atom. The van der Waals surface area contributed by atoms with Crippen molar-refractivity contribution in [1.29, 1.82) is 0 Å². The Hall–Kier alpha value is 0.500. The van der Waals surface area contributed by atoms with Crippen LogP contribution in [-0.2, 0) is 4.74 Å². The molecule has 0 aliphatic heterocycles. The molecule has 0 aromatic heterocycles. The molecule has 0 rings (SSSR count). The molecule has 0 bridgehead atoms. The third-order valence-corrected chi connectivity index (χ3v) is 1.08. The molecule has 0 fully saturated rings. The molecule has 0 aromatic rings. The van der Waals surface area contributed by atoms with Crippen molar-refractivity contribution < 1.29 is 9.84 Å². The van der Waals surface area contributed by atoms with Crippen LogP contribution in [0.25, 0.3) is 0 Å². The van der Waals surface area contributed by atoms with Gasteiger partial charge < -0.3 is 9.84 Å². The maximum absolute atomic E-state index is 8.67. The molecule has 1 N–H and O–H groups in total. The smallest absolute Gasteiger partial charge is 0.120 e. The van der Waals surface area contributed by atoms with E-state index in [9.17, 15) is 0 Å². The first-order valence-corrected chi connectivity index (χ1v) is 3.26. The molecule has 50 valence electrons. The van der Waals surface area contributed by atoms with Gasteiger partial charge in [-0.05, 0) is 0 Å². The predicted octanol–water partition coefficient (Wildman–Crippen LogP) is 0.799. The summed E-state index contributed by atoms with van der Waals surface area (Å²) in [5.74, 6) is 0.191. The first-order chi connectivity index (χ1) is 3.81. The number of aliphatic hydroxyl groups excluding tert-OH is 1. The van der Waals surface area contributed by atoms with Crippen molar-refractivity contribution in [3.05, 3.63) is 0 Å². The fourth-order valence-corrected chi connectivity index (χ4v) is 0.403. The van der Waals surface area contributed by atoms with E-state index >= 15 is 0 Å². The van der Waals surface area contributed by atoms with Crippen LogP contribution in [0.2, 0.25) is 0 Å². The molecular weight excluding hydrogens is 151 g/mol. The number of hydrogen-bond acceptors (Lipinski definition) is 2. The van der Waals surface area contributed by atoms with Crippen molar-refractivity contribution in [2.75, 3.05) is 18.6 Å². The zero-order valence-electron chi connectivity index (χ0n) is 4.31. The number of alkyl halides is 2. The summed E-state index contributed by atoms with van der Waals surface area (Å²) in [4.78, 5) is 0. The van der Waals surface area contributed by atoms with Gasteiger partial charge >= 0.3 is 0 Å². The SMILES string of the molecule is OC(CCl)COCCl. The Bertz CT molecular complexity index is 51.3. The highest BCUT2D eigenvalue weighted by atomic mass is 35.5. The highest BCUT2D eigenvalue weighted by molar-refractivity contribution is 6.18. The van der Waals surface area contributed by atoms with Gasteiger partial charge in [0.15, 0.2) is 0 Å². The van der Waals surface area contributed by atoms with Crippen LogP contribution in [0.1, 0.15) is 0 Å². The molecule has 1 unspecified atom stereocenters. The Morgan fingerprint density at radius 3 is 2.50 bits per heavy atom. The van der Waals surface area contributed by atoms with E-state index in [-0.39, 0.29) is 18.6 Å². The Morgan fingerprint density at radius 1 is 1.50 bits per heavy atom. The van der Waals surface area contributed by atoms with E-state index in [2.05, 4.69) is 4.74 Å². The average Bonchev–Trinajstić information content (AvgIpc) is 1.83. The van der Waals surface area contributed by atoms with Crippen molar-refractivity contribution in [2.45, 2.75) is 6.10 Å². The summed E-state index contributed by atoms with van der Waals surface area (Å²) >= 11 is 10.3. The van der Waals surface area contributed by atoms with Gasteiger partial charge in [0.05, 0.1) is 18.6 Å². The summed E-state index contributed by atoms with van der Waals surface area (Å²) < 4.78 is 4.62. The summed E-state index contributed by atoms with van der Waals surface area (Å²) in [6.07, 6.45) is -0.588. The lowest BCUT2D eigenvalue weighted by Gasteiger charge is -2.03. The van der Waals surface area contributed by atoms with E-state index in [0.717, 1.165) is 0 Å². The zero-order valence-corrected chi connectivity index (χ0v) is 5.82. The van der Waals surface area contributed by atoms with Crippen LogP contribution in [0, 0.1) is 0 Å². The van der Waals surface area contributed by atoms with Crippen LogP contribution in [-0.4, -0.2) is 29.8 Å². The van der Waals surface area contributed by atoms with Gasteiger partial charge in [-0.25, -0.2) is 0 Å². The first-order valence-electron chi connectivity index (χ1n) is 2.19. The largest absolute Gasteiger partial charge is 0.389 e. The molecule has 0 radical (unpaired) electrons. The molecule has 0 aromatic carbocycles. The van der Waals surface area contributed by atoms with Crippen LogP contribution < -0.4 is 0 Å². The van der Waals surface area contributed by atoms with Crippen LogP contribution in [0.15, 0.2) is 0 Å². The topological polar surface area (TPSA) is 29.5 Å². The Labute approximate surface area is 58.3 Å². The monoisotopic (exact) mass is 158 g/mol. The molecule has 0 saturated heterocycles. The Balaban J connectivity index is 2.86. The molecule has 4 heteroatoms. The predicted molar refractivity (Wildman–Crippen MR) is 33.4 cm³/mol. The summed E-state index contributed by atoms with van der Waals surface area (Å²) in [6, 6.07) is 0.105. The van der Waals surface area contributed by atoms with Gasteiger partial charge in [0.25, 0.3) is 0 Å². The van der Waals surface area contributed by atoms with Crippen LogP contribution in [0.5, 0.6) is 0 Å². The molecule has 0 aliphatic rings. The van der Waals surface area contributed by atoms with E-state index in [0.29, 0.717) is 0 Å². The van der Waals surface area contributed by atoms with E-state index in [1.54, 1.807) is 0 Å². The first kappa shape index (κ1) is 8.50. The van der Waals surface area contributed by atoms with E-state index in [4.69, 9.17) is 28.3 Å². The second-order valence-corrected chi connectivity index (χ2v) is 1.81. The minimum Gasteiger partial charge on any atom is -0.389 e. The maximum Gasteiger partial charge on any atom is 0.120 e. The zero-order chi connectivity index (χ0) is 6.41. The Kier molecular flexibility index (Phi) is 5.99. The van der Waals surface area contributed by atoms with Crippen LogP contribution in [0.4, 0.5) is 0 Å². The summed E-state index contributed by atoms with van der Waals surface area (Å²) in [5, 5.41) is 8.67. The lowest BCUT2D eigenvalue weighted by Crippen LogP contribution is -2.15. The average molecular weight is 159 g/mol. The third kappa shape index (κ3) is 4.65. The third-order valence-electron chi connectivity index (χ3n) is 0.566. The van der Waals surface area contributed by atoms with Gasteiger partial charge in [-0.2, -0.15) is 0 Å². The van der Waals surface area contributed by atoms with E-state index in [1.165, 1.54) is 0 Å². The maximum atomic E-state index is 8.67. The number of aliphatic hydroxyl groups is 1. The molecule has 0 saturated carbocycles. The number of rotatable bonds is 4. The highest BCUT2D eigenvalue weighted by Crippen LogP contribution is 1.89. The molecular formula is C4H8Cl2O2. The van der Waals surface area contributed by atoms with Crippen molar-refractivity contribution in [2.24, 2.45) is 0 Å². The number of halogens is 2. The van der Waals surface area contributed by atoms with Crippen LogP contribution in [0.3, 0.4) is 0 Å². The fraction of sp³-hybridized carbons (Fsp3) is 1.00. The molecule has 0 amide bonds. The summed E-state index contributed by atoms with van der Waals surface area (Å²) in [7, 11) is 0. The highest BCUT2D eigenvalue weighted by Gasteiger charge is 1.98. The minimum atomic E-state index is -0.588. The van der Waals surface area contributed by atoms with Gasteiger partial charge in [-0.1, -0.05) is 11.6 Å². The normalized spacial score (nSPS) is 13.9. The molecule has 1 atom stereocenters.